The average Bonchev–Trinajstić information content (AvgIpc) is 2.98. The Balaban J connectivity index is 2.27. The van der Waals surface area contributed by atoms with Gasteiger partial charge in [-0.15, -0.1) is 0 Å². The van der Waals surface area contributed by atoms with Crippen LogP contribution in [-0.4, -0.2) is 15.5 Å². The standard InChI is InChI=1S/C23H24N2O4/c1-6-7-8-25-22(27)17(11-24)14(4)19(23(25)28)20(26)21-15(5)16-9-12(2)13(3)10-18(16)29-21/h9-10,28H,6-8H2,1-5H3. The number of aromatic hydroxyl groups is 1. The molecule has 0 fully saturated rings. The highest BCUT2D eigenvalue weighted by molar-refractivity contribution is 6.12. The molecule has 0 aliphatic rings. The largest absolute Gasteiger partial charge is 0.494 e. The highest BCUT2D eigenvalue weighted by atomic mass is 16.3. The van der Waals surface area contributed by atoms with E-state index < -0.39 is 17.2 Å². The maximum absolute atomic E-state index is 13.4. The lowest BCUT2D eigenvalue weighted by molar-refractivity contribution is 0.100. The normalized spacial score (nSPS) is 11.0. The molecular weight excluding hydrogens is 368 g/mol. The molecule has 0 saturated heterocycles. The molecule has 0 radical (unpaired) electrons. The summed E-state index contributed by atoms with van der Waals surface area (Å²) in [6.45, 7) is 9.43. The monoisotopic (exact) mass is 392 g/mol. The second-order valence-electron chi connectivity index (χ2n) is 7.44. The molecule has 6 heteroatoms. The van der Waals surface area contributed by atoms with Crippen molar-refractivity contribution >= 4 is 16.8 Å². The van der Waals surface area contributed by atoms with E-state index in [2.05, 4.69) is 0 Å². The van der Waals surface area contributed by atoms with Crippen LogP contribution in [0.3, 0.4) is 0 Å². The van der Waals surface area contributed by atoms with Crippen LogP contribution in [0.4, 0.5) is 0 Å². The summed E-state index contributed by atoms with van der Waals surface area (Å²) in [4.78, 5) is 26.0. The number of ketones is 1. The van der Waals surface area contributed by atoms with E-state index in [4.69, 9.17) is 4.42 Å². The molecule has 0 unspecified atom stereocenters. The number of carbonyl (C=O) groups is 1. The summed E-state index contributed by atoms with van der Waals surface area (Å²) in [5, 5.41) is 21.1. The van der Waals surface area contributed by atoms with Crippen LogP contribution in [-0.2, 0) is 6.54 Å². The Morgan fingerprint density at radius 1 is 1.17 bits per heavy atom. The average molecular weight is 392 g/mol. The third-order valence-corrected chi connectivity index (χ3v) is 5.52. The molecule has 0 amide bonds. The van der Waals surface area contributed by atoms with E-state index in [0.717, 1.165) is 27.5 Å². The summed E-state index contributed by atoms with van der Waals surface area (Å²) in [5.41, 5.74) is 2.77. The number of hydrogen-bond donors (Lipinski definition) is 1. The summed E-state index contributed by atoms with van der Waals surface area (Å²) in [5.74, 6) is -0.851. The van der Waals surface area contributed by atoms with Gasteiger partial charge in [-0.25, -0.2) is 0 Å². The Morgan fingerprint density at radius 3 is 2.45 bits per heavy atom. The maximum atomic E-state index is 13.4. The van der Waals surface area contributed by atoms with Gasteiger partial charge in [-0.3, -0.25) is 14.2 Å². The highest BCUT2D eigenvalue weighted by Crippen LogP contribution is 2.32. The maximum Gasteiger partial charge on any atom is 0.271 e. The van der Waals surface area contributed by atoms with E-state index in [-0.39, 0.29) is 29.0 Å². The van der Waals surface area contributed by atoms with Crippen LogP contribution in [0.25, 0.3) is 11.0 Å². The molecule has 0 aliphatic heterocycles. The summed E-state index contributed by atoms with van der Waals surface area (Å²) in [6, 6.07) is 5.73. The van der Waals surface area contributed by atoms with Crippen LogP contribution in [0.2, 0.25) is 0 Å². The quantitative estimate of drug-likeness (QED) is 0.648. The van der Waals surface area contributed by atoms with Crippen molar-refractivity contribution in [2.45, 2.75) is 54.0 Å². The Morgan fingerprint density at radius 2 is 1.83 bits per heavy atom. The number of benzene rings is 1. The molecule has 0 spiro atoms. The fourth-order valence-corrected chi connectivity index (χ4v) is 3.55. The van der Waals surface area contributed by atoms with Gasteiger partial charge in [0.2, 0.25) is 11.7 Å². The van der Waals surface area contributed by atoms with Crippen LogP contribution in [0.15, 0.2) is 21.3 Å². The minimum absolute atomic E-state index is 0.0622. The number of fused-ring (bicyclic) bond motifs is 1. The molecule has 0 aliphatic carbocycles. The Labute approximate surface area is 169 Å². The highest BCUT2D eigenvalue weighted by Gasteiger charge is 2.28. The van der Waals surface area contributed by atoms with Crippen LogP contribution < -0.4 is 5.56 Å². The fourth-order valence-electron chi connectivity index (χ4n) is 3.55. The van der Waals surface area contributed by atoms with Crippen molar-refractivity contribution in [3.63, 3.8) is 0 Å². The van der Waals surface area contributed by atoms with Gasteiger partial charge < -0.3 is 9.52 Å². The van der Waals surface area contributed by atoms with Crippen LogP contribution in [0, 0.1) is 39.0 Å². The molecule has 3 rings (SSSR count). The number of aryl methyl sites for hydroxylation is 3. The van der Waals surface area contributed by atoms with Gasteiger partial charge in [0.05, 0.1) is 5.56 Å². The first-order chi connectivity index (χ1) is 13.7. The smallest absolute Gasteiger partial charge is 0.271 e. The van der Waals surface area contributed by atoms with Crippen molar-refractivity contribution in [2.75, 3.05) is 0 Å². The van der Waals surface area contributed by atoms with Gasteiger partial charge in [0.25, 0.3) is 5.56 Å². The van der Waals surface area contributed by atoms with Crippen molar-refractivity contribution < 1.29 is 14.3 Å². The second-order valence-corrected chi connectivity index (χ2v) is 7.44. The molecule has 2 aromatic heterocycles. The molecule has 1 aromatic carbocycles. The summed E-state index contributed by atoms with van der Waals surface area (Å²) < 4.78 is 6.96. The van der Waals surface area contributed by atoms with Crippen molar-refractivity contribution in [1.29, 1.82) is 5.26 Å². The van der Waals surface area contributed by atoms with Gasteiger partial charge in [-0.1, -0.05) is 13.3 Å². The van der Waals surface area contributed by atoms with E-state index in [9.17, 15) is 20.0 Å². The lowest BCUT2D eigenvalue weighted by atomic mass is 9.98. The van der Waals surface area contributed by atoms with Gasteiger partial charge in [-0.05, 0) is 62.9 Å². The summed E-state index contributed by atoms with van der Waals surface area (Å²) >= 11 is 0. The van der Waals surface area contributed by atoms with E-state index in [1.165, 1.54) is 6.92 Å². The van der Waals surface area contributed by atoms with Gasteiger partial charge in [-0.2, -0.15) is 5.26 Å². The predicted molar refractivity (Wildman–Crippen MR) is 111 cm³/mol. The zero-order valence-corrected chi connectivity index (χ0v) is 17.3. The number of pyridine rings is 1. The van der Waals surface area contributed by atoms with Crippen LogP contribution in [0.5, 0.6) is 5.88 Å². The van der Waals surface area contributed by atoms with Gasteiger partial charge in [0.15, 0.2) is 5.76 Å². The Kier molecular flexibility index (Phi) is 5.34. The van der Waals surface area contributed by atoms with Crippen molar-refractivity contribution in [1.82, 2.24) is 4.57 Å². The van der Waals surface area contributed by atoms with E-state index >= 15 is 0 Å². The first kappa shape index (κ1) is 20.4. The molecule has 2 heterocycles. The summed E-state index contributed by atoms with van der Waals surface area (Å²) in [6.07, 6.45) is 1.43. The molecule has 150 valence electrons. The molecule has 29 heavy (non-hydrogen) atoms. The third-order valence-electron chi connectivity index (χ3n) is 5.52. The molecule has 0 bridgehead atoms. The minimum Gasteiger partial charge on any atom is -0.494 e. The van der Waals surface area contributed by atoms with E-state index in [0.29, 0.717) is 17.6 Å². The van der Waals surface area contributed by atoms with Gasteiger partial charge >= 0.3 is 0 Å². The lowest BCUT2D eigenvalue weighted by Gasteiger charge is -2.14. The minimum atomic E-state index is -0.583. The van der Waals surface area contributed by atoms with Crippen molar-refractivity contribution in [2.24, 2.45) is 0 Å². The predicted octanol–water partition coefficient (Wildman–Crippen LogP) is 4.44. The second kappa shape index (κ2) is 7.59. The zero-order chi connectivity index (χ0) is 21.5. The number of furan rings is 1. The van der Waals surface area contributed by atoms with E-state index in [1.807, 2.05) is 39.0 Å². The molecule has 1 N–H and O–H groups in total. The first-order valence-corrected chi connectivity index (χ1v) is 9.64. The fraction of sp³-hybridized carbons (Fsp3) is 0.348. The SMILES string of the molecule is CCCCn1c(O)c(C(=O)c2oc3cc(C)c(C)cc3c2C)c(C)c(C#N)c1=O. The lowest BCUT2D eigenvalue weighted by Crippen LogP contribution is -2.27. The Hall–Kier alpha value is -3.33. The molecule has 0 saturated carbocycles. The van der Waals surface area contributed by atoms with Gasteiger partial charge in [0.1, 0.15) is 17.2 Å². The van der Waals surface area contributed by atoms with Gasteiger partial charge in [0, 0.05) is 17.5 Å². The molecule has 3 aromatic rings. The van der Waals surface area contributed by atoms with Crippen LogP contribution >= 0.6 is 0 Å². The van der Waals surface area contributed by atoms with Crippen molar-refractivity contribution in [3.05, 3.63) is 61.6 Å². The number of hydrogen-bond acceptors (Lipinski definition) is 5. The number of nitriles is 1. The van der Waals surface area contributed by atoms with Crippen molar-refractivity contribution in [3.8, 4) is 11.9 Å². The molecule has 6 nitrogen and oxygen atoms in total. The Bertz CT molecular complexity index is 1240. The topological polar surface area (TPSA) is 96.2 Å². The molecule has 0 atom stereocenters. The number of unbranched alkanes of at least 4 members (excludes halogenated alkanes) is 1. The number of rotatable bonds is 5. The number of aromatic nitrogens is 1. The number of nitrogens with zero attached hydrogens (tertiary/aromatic N) is 2. The third kappa shape index (κ3) is 3.23. The number of carbonyl (C=O) groups excluding carboxylic acids is 1. The van der Waals surface area contributed by atoms with Crippen LogP contribution in [0.1, 0.15) is 63.7 Å². The summed E-state index contributed by atoms with van der Waals surface area (Å²) in [7, 11) is 0. The molecular formula is C23H24N2O4. The van der Waals surface area contributed by atoms with E-state index in [1.54, 1.807) is 6.92 Å². The first-order valence-electron chi connectivity index (χ1n) is 9.64. The zero-order valence-electron chi connectivity index (χ0n) is 17.3.